The lowest BCUT2D eigenvalue weighted by Gasteiger charge is -1.69. The van der Waals surface area contributed by atoms with Crippen LogP contribution in [0.5, 0.6) is 0 Å². The normalized spacial score (nSPS) is 7.33. The average molecular weight is 179 g/mol. The summed E-state index contributed by atoms with van der Waals surface area (Å²) < 4.78 is 0. The first-order valence-corrected chi connectivity index (χ1v) is 6.81. The van der Waals surface area contributed by atoms with Gasteiger partial charge in [-0.15, -0.1) is 0 Å². The molecule has 0 atom stereocenters. The molecule has 0 nitrogen and oxygen atoms in total. The van der Waals surface area contributed by atoms with E-state index in [2.05, 4.69) is 0 Å². The predicted octanol–water partition coefficient (Wildman–Crippen LogP) is 2.15. The van der Waals surface area contributed by atoms with Crippen LogP contribution in [0, 0.1) is 0 Å². The molecule has 0 aromatic heterocycles. The van der Waals surface area contributed by atoms with Gasteiger partial charge in [0.1, 0.15) is 0 Å². The molecule has 0 aliphatic heterocycles. The molecule has 0 spiro atoms. The van der Waals surface area contributed by atoms with E-state index >= 15 is 0 Å². The molecule has 0 fully saturated rings. The molecule has 0 aliphatic rings. The summed E-state index contributed by atoms with van der Waals surface area (Å²) in [5, 5.41) is 0. The van der Waals surface area contributed by atoms with Crippen LogP contribution in [0.15, 0.2) is 36.4 Å². The monoisotopic (exact) mass is 178 g/mol. The summed E-state index contributed by atoms with van der Waals surface area (Å²) in [5.74, 6) is 0. The van der Waals surface area contributed by atoms with Gasteiger partial charge in [0.05, 0.1) is 0 Å². The van der Waals surface area contributed by atoms with Crippen molar-refractivity contribution < 1.29 is 0 Å². The first-order chi connectivity index (χ1) is 4.41. The smallest absolute Gasteiger partial charge is 0.155 e. The lowest BCUT2D eigenvalue weighted by atomic mass is 10.4. The van der Waals surface area contributed by atoms with Crippen LogP contribution in [0.1, 0.15) is 0 Å². The summed E-state index contributed by atoms with van der Waals surface area (Å²) in [7, 11) is -0.639. The maximum atomic E-state index is 4.90. The predicted molar refractivity (Wildman–Crippen MR) is 46.7 cm³/mol. The maximum absolute atomic E-state index is 4.90. The fourth-order valence-corrected chi connectivity index (χ4v) is 0.385. The van der Waals surface area contributed by atoms with Crippen molar-refractivity contribution in [3.63, 3.8) is 0 Å². The van der Waals surface area contributed by atoms with Crippen LogP contribution in [-0.4, -0.2) is 8.14 Å². The molecule has 9 heavy (non-hydrogen) atoms. The third-order valence-corrected chi connectivity index (χ3v) is 0.667. The fourth-order valence-electron chi connectivity index (χ4n) is 0.385. The van der Waals surface area contributed by atoms with Gasteiger partial charge in [-0.25, -0.2) is 0 Å². The van der Waals surface area contributed by atoms with Gasteiger partial charge in [-0.2, -0.15) is 22.2 Å². The van der Waals surface area contributed by atoms with Crippen LogP contribution in [-0.2, 0) is 0 Å². The van der Waals surface area contributed by atoms with Crippen molar-refractivity contribution in [2.24, 2.45) is 0 Å². The molecule has 50 valence electrons. The highest BCUT2D eigenvalue weighted by atomic mass is 35.7. The first-order valence-electron chi connectivity index (χ1n) is 2.53. The zero-order chi connectivity index (χ0) is 6.95. The molecule has 0 heterocycles. The third kappa shape index (κ3) is 8.02. The second kappa shape index (κ2) is 8.02. The Morgan fingerprint density at radius 2 is 0.778 bits per heavy atom. The summed E-state index contributed by atoms with van der Waals surface area (Å²) in [6.45, 7) is 0. The lowest BCUT2D eigenvalue weighted by Crippen LogP contribution is -1.47. The zero-order valence-electron chi connectivity index (χ0n) is 4.93. The second-order valence-electron chi connectivity index (χ2n) is 1.26. The van der Waals surface area contributed by atoms with Crippen LogP contribution in [0.3, 0.4) is 0 Å². The van der Waals surface area contributed by atoms with Crippen molar-refractivity contribution in [3.05, 3.63) is 36.4 Å². The fraction of sp³-hybridized carbons (Fsp3) is 0. The molecule has 0 saturated carbocycles. The van der Waals surface area contributed by atoms with Crippen molar-refractivity contribution in [1.82, 2.24) is 0 Å². The van der Waals surface area contributed by atoms with Crippen molar-refractivity contribution in [3.8, 4) is 0 Å². The van der Waals surface area contributed by atoms with Crippen LogP contribution < -0.4 is 0 Å². The Morgan fingerprint density at radius 3 is 0.889 bits per heavy atom. The number of halogens is 2. The molecule has 0 amide bonds. The van der Waals surface area contributed by atoms with Crippen LogP contribution in [0.2, 0.25) is 0 Å². The molecular weight excluding hydrogens is 171 g/mol. The van der Waals surface area contributed by atoms with Gasteiger partial charge >= 0.3 is 0 Å². The molecule has 1 rings (SSSR count). The number of rotatable bonds is 0. The zero-order valence-corrected chi connectivity index (χ0v) is 7.85. The summed E-state index contributed by atoms with van der Waals surface area (Å²) in [6, 6.07) is 12.0. The molecule has 1 aromatic carbocycles. The van der Waals surface area contributed by atoms with E-state index in [-0.39, 0.29) is 0 Å². The van der Waals surface area contributed by atoms with Crippen LogP contribution in [0.4, 0.5) is 0 Å². The van der Waals surface area contributed by atoms with E-state index < -0.39 is 8.14 Å². The highest BCUT2D eigenvalue weighted by Gasteiger charge is 1.57. The van der Waals surface area contributed by atoms with Crippen molar-refractivity contribution in [2.75, 3.05) is 0 Å². The molecule has 0 aliphatic carbocycles. The van der Waals surface area contributed by atoms with Gasteiger partial charge in [-0.3, -0.25) is 0 Å². The molecule has 3 heteroatoms. The van der Waals surface area contributed by atoms with E-state index in [1.807, 2.05) is 36.4 Å². The highest BCUT2D eigenvalue weighted by Crippen LogP contribution is 1.79. The number of hydrogen-bond donors (Lipinski definition) is 0. The molecule has 0 unspecified atom stereocenters. The van der Waals surface area contributed by atoms with Gasteiger partial charge in [-0.05, 0) is 0 Å². The third-order valence-electron chi connectivity index (χ3n) is 0.667. The van der Waals surface area contributed by atoms with E-state index in [1.54, 1.807) is 0 Å². The molecule has 1 aromatic rings. The van der Waals surface area contributed by atoms with Gasteiger partial charge in [-0.1, -0.05) is 36.4 Å². The first kappa shape index (κ1) is 9.02. The summed E-state index contributed by atoms with van der Waals surface area (Å²) in [6.07, 6.45) is 0. The summed E-state index contributed by atoms with van der Waals surface area (Å²) in [5.41, 5.74) is 0. The molecule has 0 N–H and O–H groups in total. The minimum absolute atomic E-state index is 0.639. The van der Waals surface area contributed by atoms with Gasteiger partial charge in [0, 0.05) is 0 Å². The molecule has 0 radical (unpaired) electrons. The van der Waals surface area contributed by atoms with Gasteiger partial charge < -0.3 is 0 Å². The Morgan fingerprint density at radius 1 is 0.667 bits per heavy atom. The van der Waals surface area contributed by atoms with Crippen molar-refractivity contribution in [1.29, 1.82) is 0 Å². The summed E-state index contributed by atoms with van der Waals surface area (Å²) in [4.78, 5) is 0. The minimum Gasteiger partial charge on any atom is -0.155 e. The van der Waals surface area contributed by atoms with Crippen LogP contribution in [0.25, 0.3) is 0 Å². The van der Waals surface area contributed by atoms with Gasteiger partial charge in [0.15, 0.2) is 0 Å². The topological polar surface area (TPSA) is 0 Å². The Hall–Kier alpha value is 0.0169. The Kier molecular flexibility index (Phi) is 8.03. The van der Waals surface area contributed by atoms with E-state index in [1.165, 1.54) is 0 Å². The quantitative estimate of drug-likeness (QED) is 0.423. The number of hydrogen-bond acceptors (Lipinski definition) is 0. The van der Waals surface area contributed by atoms with E-state index in [4.69, 9.17) is 22.2 Å². The van der Waals surface area contributed by atoms with E-state index in [0.717, 1.165) is 0 Å². The number of benzene rings is 1. The van der Waals surface area contributed by atoms with E-state index in [0.29, 0.717) is 0 Å². The standard InChI is InChI=1S/C6H6.Cl2H2Si/c1-2-4-6-5-3-1;1-3-2/h1-6H;3H2. The van der Waals surface area contributed by atoms with Crippen LogP contribution >= 0.6 is 22.2 Å². The minimum atomic E-state index is -0.639. The Balaban J connectivity index is 0.000000187. The van der Waals surface area contributed by atoms with Crippen molar-refractivity contribution in [2.45, 2.75) is 0 Å². The maximum Gasteiger partial charge on any atom is 0.222 e. The molecule has 0 saturated heterocycles. The van der Waals surface area contributed by atoms with Gasteiger partial charge in [0.25, 0.3) is 0 Å². The van der Waals surface area contributed by atoms with Crippen molar-refractivity contribution >= 4 is 30.3 Å². The SMILES string of the molecule is Cl[SiH2]Cl.c1ccccc1. The van der Waals surface area contributed by atoms with Gasteiger partial charge in [0.2, 0.25) is 8.14 Å². The average Bonchev–Trinajstić information content (AvgIpc) is 1.93. The highest BCUT2D eigenvalue weighted by molar-refractivity contribution is 7.22. The Labute approximate surface area is 67.0 Å². The Bertz CT molecular complexity index is 93.9. The lowest BCUT2D eigenvalue weighted by molar-refractivity contribution is 1.72. The molecular formula is C6H8Cl2Si. The summed E-state index contributed by atoms with van der Waals surface area (Å²) >= 11 is 9.81. The van der Waals surface area contributed by atoms with E-state index in [9.17, 15) is 0 Å². The molecule has 0 bridgehead atoms. The second-order valence-corrected chi connectivity index (χ2v) is 3.88. The largest absolute Gasteiger partial charge is 0.222 e.